The van der Waals surface area contributed by atoms with Crippen LogP contribution in [0.2, 0.25) is 0 Å². The number of benzene rings is 2. The molecule has 1 aliphatic rings. The van der Waals surface area contributed by atoms with Crippen molar-refractivity contribution >= 4 is 16.0 Å². The molecule has 1 fully saturated rings. The number of piperidine rings is 1. The molecule has 8 heteroatoms. The quantitative estimate of drug-likeness (QED) is 0.732. The molecule has 2 aromatic carbocycles. The summed E-state index contributed by atoms with van der Waals surface area (Å²) < 4.78 is 32.2. The molecule has 1 heterocycles. The maximum atomic E-state index is 12.7. The molecule has 2 N–H and O–H groups in total. The van der Waals surface area contributed by atoms with Crippen LogP contribution in [0.5, 0.6) is 5.75 Å². The van der Waals surface area contributed by atoms with E-state index in [9.17, 15) is 18.3 Å². The number of nitrogens with zero attached hydrogens (tertiary/aromatic N) is 1. The lowest BCUT2D eigenvalue weighted by molar-refractivity contribution is -0.137. The zero-order chi connectivity index (χ0) is 20.2. The van der Waals surface area contributed by atoms with Gasteiger partial charge in [-0.2, -0.15) is 4.31 Å². The Hall–Kier alpha value is -2.42. The van der Waals surface area contributed by atoms with E-state index < -0.39 is 21.6 Å². The summed E-state index contributed by atoms with van der Waals surface area (Å²) in [5.74, 6) is -0.402. The van der Waals surface area contributed by atoms with Crippen molar-refractivity contribution < 1.29 is 28.2 Å². The summed E-state index contributed by atoms with van der Waals surface area (Å²) >= 11 is 0. The van der Waals surface area contributed by atoms with Crippen LogP contribution < -0.4 is 4.74 Å². The molecule has 7 nitrogen and oxygen atoms in total. The number of rotatable bonds is 7. The molecule has 0 spiro atoms. The van der Waals surface area contributed by atoms with E-state index in [0.717, 1.165) is 0 Å². The summed E-state index contributed by atoms with van der Waals surface area (Å²) in [6.07, 6.45) is 0.494. The topological polar surface area (TPSA) is 104 Å². The fourth-order valence-corrected chi connectivity index (χ4v) is 4.71. The Kier molecular flexibility index (Phi) is 6.02. The highest BCUT2D eigenvalue weighted by atomic mass is 32.2. The van der Waals surface area contributed by atoms with Gasteiger partial charge < -0.3 is 14.9 Å². The number of aliphatic carboxylic acids is 1. The first kappa shape index (κ1) is 20.3. The van der Waals surface area contributed by atoms with Gasteiger partial charge in [-0.15, -0.1) is 0 Å². The molecular formula is C20H23NO6S. The largest absolute Gasteiger partial charge is 0.493 e. The fourth-order valence-electron chi connectivity index (χ4n) is 3.24. The van der Waals surface area contributed by atoms with Crippen LogP contribution in [0, 0.1) is 0 Å². The molecule has 0 saturated carbocycles. The van der Waals surface area contributed by atoms with Gasteiger partial charge in [0.05, 0.1) is 23.5 Å². The van der Waals surface area contributed by atoms with Gasteiger partial charge in [-0.3, -0.25) is 4.79 Å². The summed E-state index contributed by atoms with van der Waals surface area (Å²) in [6.45, 7) is 0.528. The maximum Gasteiger partial charge on any atom is 0.306 e. The molecule has 0 aliphatic carbocycles. The third-order valence-corrected chi connectivity index (χ3v) is 6.82. The van der Waals surface area contributed by atoms with Crippen molar-refractivity contribution in [1.82, 2.24) is 4.31 Å². The SMILES string of the molecule is O=C(O)CCOc1ccc(C2(O)CCN(S(=O)(=O)c3ccccc3)CC2)cc1. The molecule has 0 bridgehead atoms. The van der Waals surface area contributed by atoms with Crippen LogP contribution in [0.4, 0.5) is 0 Å². The maximum absolute atomic E-state index is 12.7. The number of hydrogen-bond acceptors (Lipinski definition) is 5. The minimum Gasteiger partial charge on any atom is -0.493 e. The highest BCUT2D eigenvalue weighted by molar-refractivity contribution is 7.89. The summed E-state index contributed by atoms with van der Waals surface area (Å²) in [5.41, 5.74) is -0.419. The van der Waals surface area contributed by atoms with E-state index in [1.54, 1.807) is 54.6 Å². The second-order valence-corrected chi connectivity index (χ2v) is 8.70. The van der Waals surface area contributed by atoms with E-state index in [2.05, 4.69) is 0 Å². The number of sulfonamides is 1. The number of aliphatic hydroxyl groups is 1. The Morgan fingerprint density at radius 1 is 1.04 bits per heavy atom. The van der Waals surface area contributed by atoms with Gasteiger partial charge in [-0.25, -0.2) is 8.42 Å². The molecule has 0 atom stereocenters. The smallest absolute Gasteiger partial charge is 0.306 e. The van der Waals surface area contributed by atoms with E-state index in [4.69, 9.17) is 9.84 Å². The molecule has 0 amide bonds. The minimum absolute atomic E-state index is 0.0747. The van der Waals surface area contributed by atoms with E-state index in [1.165, 1.54) is 4.31 Å². The zero-order valence-corrected chi connectivity index (χ0v) is 16.1. The Morgan fingerprint density at radius 3 is 2.21 bits per heavy atom. The van der Waals surface area contributed by atoms with Crippen molar-refractivity contribution in [1.29, 1.82) is 0 Å². The van der Waals surface area contributed by atoms with E-state index >= 15 is 0 Å². The van der Waals surface area contributed by atoms with Gasteiger partial charge in [-0.05, 0) is 42.7 Å². The van der Waals surface area contributed by atoms with Crippen LogP contribution in [0.1, 0.15) is 24.8 Å². The molecule has 1 aliphatic heterocycles. The van der Waals surface area contributed by atoms with Crippen molar-refractivity contribution in [3.63, 3.8) is 0 Å². The van der Waals surface area contributed by atoms with Crippen molar-refractivity contribution in [2.24, 2.45) is 0 Å². The van der Waals surface area contributed by atoms with Crippen LogP contribution in [-0.4, -0.2) is 48.6 Å². The van der Waals surface area contributed by atoms with Crippen LogP contribution in [0.15, 0.2) is 59.5 Å². The van der Waals surface area contributed by atoms with E-state index in [-0.39, 0.29) is 43.9 Å². The number of carbonyl (C=O) groups is 1. The predicted molar refractivity (Wildman–Crippen MR) is 103 cm³/mol. The first-order valence-corrected chi connectivity index (χ1v) is 10.5. The van der Waals surface area contributed by atoms with E-state index in [1.807, 2.05) is 0 Å². The highest BCUT2D eigenvalue weighted by Crippen LogP contribution is 2.35. The van der Waals surface area contributed by atoms with Gasteiger partial charge in [0.25, 0.3) is 0 Å². The molecule has 1 saturated heterocycles. The first-order chi connectivity index (χ1) is 13.3. The first-order valence-electron chi connectivity index (χ1n) is 9.04. The molecule has 0 aromatic heterocycles. The van der Waals surface area contributed by atoms with Gasteiger partial charge in [0.15, 0.2) is 0 Å². The zero-order valence-electron chi connectivity index (χ0n) is 15.3. The molecule has 150 valence electrons. The normalized spacial score (nSPS) is 17.2. The van der Waals surface area contributed by atoms with E-state index in [0.29, 0.717) is 11.3 Å². The Bertz CT molecular complexity index is 903. The Labute approximate surface area is 164 Å². The van der Waals surface area contributed by atoms with Crippen molar-refractivity contribution in [3.05, 3.63) is 60.2 Å². The molecular weight excluding hydrogens is 382 g/mol. The van der Waals surface area contributed by atoms with Gasteiger partial charge in [0.1, 0.15) is 5.75 Å². The van der Waals surface area contributed by atoms with Gasteiger partial charge >= 0.3 is 5.97 Å². The highest BCUT2D eigenvalue weighted by Gasteiger charge is 2.38. The van der Waals surface area contributed by atoms with Gasteiger partial charge in [0.2, 0.25) is 10.0 Å². The average molecular weight is 405 g/mol. The lowest BCUT2D eigenvalue weighted by Crippen LogP contribution is -2.45. The molecule has 28 heavy (non-hydrogen) atoms. The fraction of sp³-hybridized carbons (Fsp3) is 0.350. The number of carboxylic acid groups (broad SMARTS) is 1. The second-order valence-electron chi connectivity index (χ2n) is 6.77. The van der Waals surface area contributed by atoms with Crippen molar-refractivity contribution in [3.8, 4) is 5.75 Å². The van der Waals surface area contributed by atoms with Gasteiger partial charge in [-0.1, -0.05) is 30.3 Å². The third kappa shape index (κ3) is 4.52. The molecule has 0 unspecified atom stereocenters. The Balaban J connectivity index is 1.63. The summed E-state index contributed by atoms with van der Waals surface area (Å²) in [4.78, 5) is 10.8. The number of ether oxygens (including phenoxy) is 1. The standard InChI is InChI=1S/C20H23NO6S/c22-19(23)10-15-27-17-8-6-16(7-9-17)20(24)11-13-21(14-12-20)28(25,26)18-4-2-1-3-5-18/h1-9,24H,10-15H2,(H,22,23). The number of carboxylic acids is 1. The summed E-state index contributed by atoms with van der Waals surface area (Å²) in [6, 6.07) is 15.1. The van der Waals surface area contributed by atoms with Crippen LogP contribution in [0.25, 0.3) is 0 Å². The number of hydrogen-bond donors (Lipinski definition) is 2. The minimum atomic E-state index is -3.56. The van der Waals surface area contributed by atoms with Crippen LogP contribution in [0.3, 0.4) is 0 Å². The van der Waals surface area contributed by atoms with Crippen LogP contribution >= 0.6 is 0 Å². The molecule has 0 radical (unpaired) electrons. The van der Waals surface area contributed by atoms with Gasteiger partial charge in [0, 0.05) is 13.1 Å². The second kappa shape index (κ2) is 8.30. The molecule has 3 rings (SSSR count). The van der Waals surface area contributed by atoms with Crippen molar-refractivity contribution in [2.45, 2.75) is 29.8 Å². The lowest BCUT2D eigenvalue weighted by Gasteiger charge is -2.38. The summed E-state index contributed by atoms with van der Waals surface area (Å²) in [5, 5.41) is 19.6. The molecule has 2 aromatic rings. The van der Waals surface area contributed by atoms with Crippen LogP contribution in [-0.2, 0) is 20.4 Å². The van der Waals surface area contributed by atoms with Crippen molar-refractivity contribution in [2.75, 3.05) is 19.7 Å². The summed E-state index contributed by atoms with van der Waals surface area (Å²) in [7, 11) is -3.56. The lowest BCUT2D eigenvalue weighted by atomic mass is 9.85. The monoisotopic (exact) mass is 405 g/mol. The Morgan fingerprint density at radius 2 is 1.64 bits per heavy atom. The average Bonchev–Trinajstić information content (AvgIpc) is 2.69. The third-order valence-electron chi connectivity index (χ3n) is 4.91. The predicted octanol–water partition coefficient (Wildman–Crippen LogP) is 2.21.